The molecule has 4 nitrogen and oxygen atoms in total. The van der Waals surface area contributed by atoms with Crippen molar-refractivity contribution in [3.8, 4) is 0 Å². The van der Waals surface area contributed by atoms with Gasteiger partial charge in [0.15, 0.2) is 0 Å². The van der Waals surface area contributed by atoms with Crippen LogP contribution in [0.4, 0.5) is 4.39 Å². The van der Waals surface area contributed by atoms with Crippen LogP contribution >= 0.6 is 0 Å². The average molecular weight is 290 g/mol. The van der Waals surface area contributed by atoms with Crippen molar-refractivity contribution in [2.24, 2.45) is 0 Å². The molecular weight excluding hydrogens is 267 g/mol. The number of aryl methyl sites for hydroxylation is 1. The molecule has 0 amide bonds. The molecule has 1 N–H and O–H groups in total. The summed E-state index contributed by atoms with van der Waals surface area (Å²) < 4.78 is 15.4. The van der Waals surface area contributed by atoms with Crippen LogP contribution < -0.4 is 5.32 Å². The molecule has 2 aromatic rings. The molecule has 0 radical (unpaired) electrons. The van der Waals surface area contributed by atoms with Gasteiger partial charge >= 0.3 is 0 Å². The lowest BCUT2D eigenvalue weighted by molar-refractivity contribution is 0.347. The standard InChI is InChI=1S/C16H23FN4/c1-11-6-7-13(8-15(11)17)12(2)18-9-14-10-21(20-19-14)16(3,4)5/h6-8,10,12,18H,9H2,1-5H3/t12-/m1/s1. The summed E-state index contributed by atoms with van der Waals surface area (Å²) in [6.07, 6.45) is 1.94. The van der Waals surface area contributed by atoms with Crippen LogP contribution in [0.1, 0.15) is 50.6 Å². The van der Waals surface area contributed by atoms with Crippen LogP contribution in [0.3, 0.4) is 0 Å². The molecule has 2 rings (SSSR count). The Labute approximate surface area is 125 Å². The van der Waals surface area contributed by atoms with E-state index in [0.717, 1.165) is 11.3 Å². The molecule has 0 aliphatic heterocycles. The smallest absolute Gasteiger partial charge is 0.126 e. The Kier molecular flexibility index (Phi) is 4.42. The fourth-order valence-corrected chi connectivity index (χ4v) is 1.96. The lowest BCUT2D eigenvalue weighted by Crippen LogP contribution is -2.22. The van der Waals surface area contributed by atoms with Crippen molar-refractivity contribution >= 4 is 0 Å². The highest BCUT2D eigenvalue weighted by Crippen LogP contribution is 2.17. The van der Waals surface area contributed by atoms with E-state index in [9.17, 15) is 4.39 Å². The average Bonchev–Trinajstić information content (AvgIpc) is 2.88. The predicted octanol–water partition coefficient (Wildman–Crippen LogP) is 3.33. The van der Waals surface area contributed by atoms with Crippen molar-refractivity contribution < 1.29 is 4.39 Å². The molecule has 1 atom stereocenters. The Hall–Kier alpha value is -1.75. The van der Waals surface area contributed by atoms with Crippen LogP contribution in [-0.4, -0.2) is 15.0 Å². The topological polar surface area (TPSA) is 42.7 Å². The molecule has 0 aliphatic carbocycles. The second kappa shape index (κ2) is 5.93. The Bertz CT molecular complexity index is 613. The molecule has 0 fully saturated rings. The largest absolute Gasteiger partial charge is 0.304 e. The van der Waals surface area contributed by atoms with Gasteiger partial charge < -0.3 is 5.32 Å². The summed E-state index contributed by atoms with van der Waals surface area (Å²) in [5, 5.41) is 11.6. The zero-order valence-electron chi connectivity index (χ0n) is 13.3. The molecule has 0 bridgehead atoms. The number of halogens is 1. The van der Waals surface area contributed by atoms with Gasteiger partial charge in [0.25, 0.3) is 0 Å². The monoisotopic (exact) mass is 290 g/mol. The van der Waals surface area contributed by atoms with Crippen LogP contribution in [0.2, 0.25) is 0 Å². The third-order valence-corrected chi connectivity index (χ3v) is 3.51. The summed E-state index contributed by atoms with van der Waals surface area (Å²) in [5.41, 5.74) is 2.40. The fraction of sp³-hybridized carbons (Fsp3) is 0.500. The SMILES string of the molecule is Cc1ccc([C@@H](C)NCc2cn(C(C)(C)C)nn2)cc1F. The van der Waals surface area contributed by atoms with Gasteiger partial charge in [-0.2, -0.15) is 0 Å². The first-order chi connectivity index (χ1) is 9.77. The zero-order chi connectivity index (χ0) is 15.6. The minimum Gasteiger partial charge on any atom is -0.304 e. The zero-order valence-corrected chi connectivity index (χ0v) is 13.3. The van der Waals surface area contributed by atoms with Gasteiger partial charge in [-0.1, -0.05) is 17.3 Å². The van der Waals surface area contributed by atoms with Gasteiger partial charge in [-0.25, -0.2) is 9.07 Å². The molecule has 1 heterocycles. The highest BCUT2D eigenvalue weighted by molar-refractivity contribution is 5.25. The van der Waals surface area contributed by atoms with Crippen molar-refractivity contribution in [1.82, 2.24) is 20.3 Å². The maximum atomic E-state index is 13.6. The van der Waals surface area contributed by atoms with Crippen LogP contribution in [-0.2, 0) is 12.1 Å². The van der Waals surface area contributed by atoms with E-state index in [4.69, 9.17) is 0 Å². The first-order valence-corrected chi connectivity index (χ1v) is 7.18. The number of rotatable bonds is 4. The van der Waals surface area contributed by atoms with Crippen LogP contribution in [0, 0.1) is 12.7 Å². The van der Waals surface area contributed by atoms with Crippen molar-refractivity contribution in [3.05, 3.63) is 47.0 Å². The number of nitrogens with zero attached hydrogens (tertiary/aromatic N) is 3. The second-order valence-electron chi connectivity index (χ2n) is 6.44. The second-order valence-corrected chi connectivity index (χ2v) is 6.44. The summed E-state index contributed by atoms with van der Waals surface area (Å²) >= 11 is 0. The Morgan fingerprint density at radius 3 is 2.62 bits per heavy atom. The summed E-state index contributed by atoms with van der Waals surface area (Å²) in [6.45, 7) is 10.6. The number of nitrogens with one attached hydrogen (secondary N) is 1. The summed E-state index contributed by atoms with van der Waals surface area (Å²) in [6, 6.07) is 5.39. The third kappa shape index (κ3) is 3.88. The highest BCUT2D eigenvalue weighted by Gasteiger charge is 2.15. The van der Waals surface area contributed by atoms with E-state index in [0.29, 0.717) is 12.1 Å². The van der Waals surface area contributed by atoms with Gasteiger partial charge in [0.05, 0.1) is 17.4 Å². The van der Waals surface area contributed by atoms with Gasteiger partial charge in [0.2, 0.25) is 0 Å². The van der Waals surface area contributed by atoms with Gasteiger partial charge in [0.1, 0.15) is 5.82 Å². The lowest BCUT2D eigenvalue weighted by Gasteiger charge is -2.17. The van der Waals surface area contributed by atoms with Crippen LogP contribution in [0.25, 0.3) is 0 Å². The molecule has 0 saturated heterocycles. The summed E-state index contributed by atoms with van der Waals surface area (Å²) in [7, 11) is 0. The quantitative estimate of drug-likeness (QED) is 0.939. The molecule has 0 spiro atoms. The Morgan fingerprint density at radius 1 is 1.33 bits per heavy atom. The predicted molar refractivity (Wildman–Crippen MR) is 81.4 cm³/mol. The van der Waals surface area contributed by atoms with Crippen molar-refractivity contribution in [1.29, 1.82) is 0 Å². The van der Waals surface area contributed by atoms with Crippen LogP contribution in [0.5, 0.6) is 0 Å². The van der Waals surface area contributed by atoms with E-state index < -0.39 is 0 Å². The normalized spacial score (nSPS) is 13.4. The maximum absolute atomic E-state index is 13.6. The summed E-state index contributed by atoms with van der Waals surface area (Å²) in [4.78, 5) is 0. The van der Waals surface area contributed by atoms with E-state index in [-0.39, 0.29) is 17.4 Å². The maximum Gasteiger partial charge on any atom is 0.126 e. The first-order valence-electron chi connectivity index (χ1n) is 7.18. The molecule has 5 heteroatoms. The molecule has 21 heavy (non-hydrogen) atoms. The van der Waals surface area contributed by atoms with E-state index in [2.05, 4.69) is 36.4 Å². The van der Waals surface area contributed by atoms with Crippen molar-refractivity contribution in [2.45, 2.75) is 52.7 Å². The molecule has 0 aliphatic rings. The van der Waals surface area contributed by atoms with E-state index in [1.165, 1.54) is 0 Å². The van der Waals surface area contributed by atoms with E-state index >= 15 is 0 Å². The van der Waals surface area contributed by atoms with Crippen LogP contribution in [0.15, 0.2) is 24.4 Å². The Balaban J connectivity index is 1.99. The minimum atomic E-state index is -0.167. The molecule has 0 saturated carbocycles. The fourth-order valence-electron chi connectivity index (χ4n) is 1.96. The molecule has 114 valence electrons. The minimum absolute atomic E-state index is 0.0555. The third-order valence-electron chi connectivity index (χ3n) is 3.51. The van der Waals surface area contributed by atoms with Crippen molar-refractivity contribution in [2.75, 3.05) is 0 Å². The highest BCUT2D eigenvalue weighted by atomic mass is 19.1. The number of hydrogen-bond acceptors (Lipinski definition) is 3. The van der Waals surface area contributed by atoms with Gasteiger partial charge in [0, 0.05) is 12.6 Å². The lowest BCUT2D eigenvalue weighted by atomic mass is 10.1. The van der Waals surface area contributed by atoms with Gasteiger partial charge in [-0.3, -0.25) is 0 Å². The van der Waals surface area contributed by atoms with Crippen molar-refractivity contribution in [3.63, 3.8) is 0 Å². The molecule has 0 unspecified atom stereocenters. The molecule has 1 aromatic heterocycles. The van der Waals surface area contributed by atoms with Gasteiger partial charge in [-0.05, 0) is 51.8 Å². The first kappa shape index (κ1) is 15.6. The number of hydrogen-bond donors (Lipinski definition) is 1. The van der Waals surface area contributed by atoms with E-state index in [1.54, 1.807) is 19.1 Å². The summed E-state index contributed by atoms with van der Waals surface area (Å²) in [5.74, 6) is -0.167. The number of benzene rings is 1. The van der Waals surface area contributed by atoms with Gasteiger partial charge in [-0.15, -0.1) is 5.10 Å². The number of aromatic nitrogens is 3. The van der Waals surface area contributed by atoms with E-state index in [1.807, 2.05) is 23.9 Å². The molecule has 1 aromatic carbocycles. The molecular formula is C16H23FN4. The Morgan fingerprint density at radius 2 is 2.05 bits per heavy atom.